The Kier molecular flexibility index (Phi) is 9.98. The third kappa shape index (κ3) is 7.24. The highest BCUT2D eigenvalue weighted by Gasteiger charge is 2.38. The quantitative estimate of drug-likeness (QED) is 0.118. The first-order valence-electron chi connectivity index (χ1n) is 17.7. The molecule has 2 aliphatic rings. The highest BCUT2D eigenvalue weighted by atomic mass is 32.1. The van der Waals surface area contributed by atoms with E-state index in [1.807, 2.05) is 47.0 Å². The standard InChI is InChI=1S/C38H45N7O5S2/c1-20(2)30(44-36(47)49-6)31(46)23-14-26(39-15-23)34-40-16-27(42-34)22-11-9-21(10-12-22)24-18-51-33-25(19-52-32(24)33)28-17-41-35(43-28)29-8-7-13-45(29)37(48)50-38(3,4)5/h9-12,16-20,23,26,29-30,39H,7-8,13-15H2,1-6H3,(H,40,42)(H,41,43)(H,44,47)/t23?,26?,29-,30-/m0/s1. The molecular weight excluding hydrogens is 699 g/mol. The number of carbonyl (C=O) groups is 3. The molecule has 4 aromatic heterocycles. The van der Waals surface area contributed by atoms with Gasteiger partial charge in [-0.2, -0.15) is 0 Å². The third-order valence-electron chi connectivity index (χ3n) is 9.75. The number of aromatic nitrogens is 4. The number of carbonyl (C=O) groups excluding carboxylic acids is 3. The van der Waals surface area contributed by atoms with Gasteiger partial charge in [0.05, 0.1) is 52.2 Å². The number of ether oxygens (including phenoxy) is 2. The number of benzene rings is 1. The number of hydrogen-bond donors (Lipinski definition) is 4. The zero-order chi connectivity index (χ0) is 36.7. The molecule has 2 aliphatic heterocycles. The number of thiophene rings is 2. The lowest BCUT2D eigenvalue weighted by Gasteiger charge is -2.27. The first-order chi connectivity index (χ1) is 24.9. The van der Waals surface area contributed by atoms with E-state index in [1.54, 1.807) is 27.6 Å². The monoisotopic (exact) mass is 743 g/mol. The summed E-state index contributed by atoms with van der Waals surface area (Å²) in [6, 6.07) is 7.62. The average Bonchev–Trinajstić information content (AvgIpc) is 3.95. The maximum atomic E-state index is 13.3. The number of alkyl carbamates (subject to hydrolysis) is 1. The number of amides is 2. The van der Waals surface area contributed by atoms with E-state index in [-0.39, 0.29) is 35.8 Å². The molecule has 7 rings (SSSR count). The summed E-state index contributed by atoms with van der Waals surface area (Å²) >= 11 is 3.44. The highest BCUT2D eigenvalue weighted by Crippen LogP contribution is 2.44. The molecule has 0 saturated carbocycles. The van der Waals surface area contributed by atoms with Crippen molar-refractivity contribution in [1.29, 1.82) is 0 Å². The Hall–Kier alpha value is -4.53. The summed E-state index contributed by atoms with van der Waals surface area (Å²) in [6.07, 6.45) is 5.23. The number of likely N-dealkylation sites (tertiary alicyclic amines) is 1. The Balaban J connectivity index is 1.02. The molecule has 0 spiro atoms. The molecule has 0 aliphatic carbocycles. The van der Waals surface area contributed by atoms with Gasteiger partial charge >= 0.3 is 12.2 Å². The highest BCUT2D eigenvalue weighted by molar-refractivity contribution is 7.27. The van der Waals surface area contributed by atoms with E-state index in [2.05, 4.69) is 55.6 Å². The van der Waals surface area contributed by atoms with Crippen molar-refractivity contribution in [3.8, 4) is 33.6 Å². The molecule has 0 radical (unpaired) electrons. The SMILES string of the molecule is COC(=O)N[C@H](C(=O)C1CNC(c2nc(-c3ccc(-c4csc5c(-c6cnc([C@@H]7CCCN7C(=O)OC(C)(C)C)[nH]6)csc45)cc3)c[nH]2)C1)C(C)C. The number of H-pyrrole nitrogens is 2. The minimum Gasteiger partial charge on any atom is -0.453 e. The minimum absolute atomic E-state index is 0.00295. The van der Waals surface area contributed by atoms with Gasteiger partial charge in [0.15, 0.2) is 5.78 Å². The van der Waals surface area contributed by atoms with Gasteiger partial charge in [-0.3, -0.25) is 9.69 Å². The molecule has 4 atom stereocenters. The van der Waals surface area contributed by atoms with E-state index >= 15 is 0 Å². The van der Waals surface area contributed by atoms with Crippen LogP contribution >= 0.6 is 22.7 Å². The number of hydrogen-bond acceptors (Lipinski definition) is 10. The van der Waals surface area contributed by atoms with E-state index < -0.39 is 17.7 Å². The lowest BCUT2D eigenvalue weighted by Crippen LogP contribution is -2.47. The zero-order valence-electron chi connectivity index (χ0n) is 30.2. The van der Waals surface area contributed by atoms with Crippen LogP contribution < -0.4 is 10.6 Å². The third-order valence-corrected chi connectivity index (χ3v) is 11.9. The molecule has 6 heterocycles. The smallest absolute Gasteiger partial charge is 0.410 e. The Morgan fingerprint density at radius 3 is 2.44 bits per heavy atom. The Morgan fingerprint density at radius 1 is 1.02 bits per heavy atom. The predicted octanol–water partition coefficient (Wildman–Crippen LogP) is 8.08. The number of methoxy groups -OCH3 is 1. The first-order valence-corrected chi connectivity index (χ1v) is 19.5. The molecule has 274 valence electrons. The molecule has 2 unspecified atom stereocenters. The molecule has 5 aromatic rings. The second-order valence-corrected chi connectivity index (χ2v) is 16.6. The van der Waals surface area contributed by atoms with Crippen molar-refractivity contribution in [2.24, 2.45) is 11.8 Å². The summed E-state index contributed by atoms with van der Waals surface area (Å²) < 4.78 is 12.8. The van der Waals surface area contributed by atoms with Crippen molar-refractivity contribution in [1.82, 2.24) is 35.5 Å². The lowest BCUT2D eigenvalue weighted by atomic mass is 9.89. The molecule has 52 heavy (non-hydrogen) atoms. The van der Waals surface area contributed by atoms with Crippen LogP contribution in [0.3, 0.4) is 0 Å². The van der Waals surface area contributed by atoms with Crippen molar-refractivity contribution < 1.29 is 23.9 Å². The van der Waals surface area contributed by atoms with Crippen LogP contribution in [0.25, 0.3) is 43.0 Å². The number of rotatable bonds is 9. The van der Waals surface area contributed by atoms with Gasteiger partial charge in [-0.1, -0.05) is 38.1 Å². The summed E-state index contributed by atoms with van der Waals surface area (Å²) in [4.78, 5) is 56.2. The molecule has 1 aromatic carbocycles. The van der Waals surface area contributed by atoms with E-state index in [0.717, 1.165) is 52.6 Å². The zero-order valence-corrected chi connectivity index (χ0v) is 31.9. The Bertz CT molecular complexity index is 2070. The molecular formula is C38H45N7O5S2. The van der Waals surface area contributed by atoms with Gasteiger partial charge in [0.2, 0.25) is 0 Å². The second-order valence-electron chi connectivity index (χ2n) is 14.9. The molecule has 2 amide bonds. The van der Waals surface area contributed by atoms with Crippen LogP contribution in [0, 0.1) is 11.8 Å². The molecule has 12 nitrogen and oxygen atoms in total. The van der Waals surface area contributed by atoms with E-state index in [1.165, 1.54) is 22.1 Å². The molecule has 2 fully saturated rings. The topological polar surface area (TPSA) is 154 Å². The van der Waals surface area contributed by atoms with Crippen LogP contribution in [-0.2, 0) is 14.3 Å². The fourth-order valence-electron chi connectivity index (χ4n) is 7.09. The van der Waals surface area contributed by atoms with E-state index in [9.17, 15) is 14.4 Å². The van der Waals surface area contributed by atoms with Crippen LogP contribution in [0.15, 0.2) is 47.4 Å². The second kappa shape index (κ2) is 14.5. The number of fused-ring (bicyclic) bond motifs is 1. The molecule has 2 saturated heterocycles. The number of aromatic amines is 2. The maximum absolute atomic E-state index is 13.3. The summed E-state index contributed by atoms with van der Waals surface area (Å²) in [6.45, 7) is 10.7. The number of ketones is 1. The number of Topliss-reactive ketones (excluding diaryl/α,β-unsaturated/α-hetero) is 1. The van der Waals surface area contributed by atoms with E-state index in [0.29, 0.717) is 19.5 Å². The fourth-order valence-corrected chi connectivity index (χ4v) is 9.53. The van der Waals surface area contributed by atoms with Crippen molar-refractivity contribution in [2.75, 3.05) is 20.2 Å². The van der Waals surface area contributed by atoms with Crippen LogP contribution in [0.4, 0.5) is 9.59 Å². The predicted molar refractivity (Wildman–Crippen MR) is 203 cm³/mol. The minimum atomic E-state index is -0.604. The Labute approximate surface area is 310 Å². The fraction of sp³-hybridized carbons (Fsp3) is 0.447. The lowest BCUT2D eigenvalue weighted by molar-refractivity contribution is -0.125. The van der Waals surface area contributed by atoms with Gasteiger partial charge in [-0.15, -0.1) is 22.7 Å². The van der Waals surface area contributed by atoms with Crippen molar-refractivity contribution in [2.45, 2.75) is 77.6 Å². The maximum Gasteiger partial charge on any atom is 0.410 e. The van der Waals surface area contributed by atoms with Crippen LogP contribution in [0.1, 0.15) is 77.6 Å². The van der Waals surface area contributed by atoms with Gasteiger partial charge in [-0.05, 0) is 51.5 Å². The Morgan fingerprint density at radius 2 is 1.73 bits per heavy atom. The van der Waals surface area contributed by atoms with Crippen molar-refractivity contribution in [3.63, 3.8) is 0 Å². The number of imidazole rings is 2. The first kappa shape index (κ1) is 35.9. The largest absolute Gasteiger partial charge is 0.453 e. The van der Waals surface area contributed by atoms with Gasteiger partial charge in [0.25, 0.3) is 0 Å². The van der Waals surface area contributed by atoms with Gasteiger partial charge in [-0.25, -0.2) is 19.6 Å². The molecule has 4 N–H and O–H groups in total. The summed E-state index contributed by atoms with van der Waals surface area (Å²) in [5, 5.41) is 10.5. The summed E-state index contributed by atoms with van der Waals surface area (Å²) in [7, 11) is 1.30. The van der Waals surface area contributed by atoms with Crippen LogP contribution in [0.5, 0.6) is 0 Å². The van der Waals surface area contributed by atoms with Crippen molar-refractivity contribution in [3.05, 3.63) is 59.1 Å². The number of nitrogens with one attached hydrogen (secondary N) is 4. The van der Waals surface area contributed by atoms with Crippen LogP contribution in [-0.4, -0.2) is 74.6 Å². The number of nitrogens with zero attached hydrogens (tertiary/aromatic N) is 3. The normalized spacial score (nSPS) is 19.8. The van der Waals surface area contributed by atoms with Crippen LogP contribution in [0.2, 0.25) is 0 Å². The van der Waals surface area contributed by atoms with E-state index in [4.69, 9.17) is 19.4 Å². The van der Waals surface area contributed by atoms with Gasteiger partial charge in [0.1, 0.15) is 17.2 Å². The van der Waals surface area contributed by atoms with Gasteiger partial charge < -0.3 is 30.1 Å². The average molecular weight is 744 g/mol. The molecule has 14 heteroatoms. The van der Waals surface area contributed by atoms with Gasteiger partial charge in [0, 0.05) is 52.7 Å². The van der Waals surface area contributed by atoms with Crippen molar-refractivity contribution >= 4 is 50.0 Å². The summed E-state index contributed by atoms with van der Waals surface area (Å²) in [5.74, 6) is 1.29. The molecule has 0 bridgehead atoms. The summed E-state index contributed by atoms with van der Waals surface area (Å²) in [5.41, 5.74) is 5.65.